The molecular formula is C14H25N3. The van der Waals surface area contributed by atoms with Crippen molar-refractivity contribution in [3.8, 4) is 0 Å². The first-order chi connectivity index (χ1) is 8.35. The largest absolute Gasteiger partial charge is 0.333 e. The molecule has 1 unspecified atom stereocenters. The molecule has 1 aliphatic rings. The number of nitrogens with zero attached hydrogens (tertiary/aromatic N) is 2. The van der Waals surface area contributed by atoms with Crippen molar-refractivity contribution in [1.82, 2.24) is 14.9 Å². The van der Waals surface area contributed by atoms with Crippen LogP contribution in [0.3, 0.4) is 0 Å². The molecule has 3 heteroatoms. The quantitative estimate of drug-likeness (QED) is 0.750. The molecule has 2 rings (SSSR count). The Kier molecular flexibility index (Phi) is 4.60. The van der Waals surface area contributed by atoms with Crippen LogP contribution in [0.15, 0.2) is 12.4 Å². The van der Waals surface area contributed by atoms with Gasteiger partial charge in [-0.15, -0.1) is 0 Å². The molecule has 1 N–H and O–H groups in total. The van der Waals surface area contributed by atoms with Gasteiger partial charge in [0.2, 0.25) is 0 Å². The molecule has 1 aliphatic carbocycles. The number of hydrogen-bond acceptors (Lipinski definition) is 2. The average Bonchev–Trinajstić information content (AvgIpc) is 3.08. The van der Waals surface area contributed by atoms with E-state index < -0.39 is 0 Å². The Morgan fingerprint density at radius 1 is 1.41 bits per heavy atom. The summed E-state index contributed by atoms with van der Waals surface area (Å²) in [7, 11) is 0. The first-order valence-corrected chi connectivity index (χ1v) is 7.08. The molecule has 1 heterocycles. The maximum absolute atomic E-state index is 4.45. The van der Waals surface area contributed by atoms with E-state index in [1.807, 2.05) is 6.20 Å². The van der Waals surface area contributed by atoms with E-state index in [9.17, 15) is 0 Å². The second-order valence-corrected chi connectivity index (χ2v) is 5.14. The number of hydrogen-bond donors (Lipinski definition) is 1. The molecule has 0 aromatic carbocycles. The van der Waals surface area contributed by atoms with E-state index in [4.69, 9.17) is 0 Å². The Bertz CT molecular complexity index is 328. The fourth-order valence-corrected chi connectivity index (χ4v) is 2.38. The zero-order chi connectivity index (χ0) is 12.1. The highest BCUT2D eigenvalue weighted by Crippen LogP contribution is 2.33. The zero-order valence-electron chi connectivity index (χ0n) is 11.2. The molecule has 1 saturated carbocycles. The van der Waals surface area contributed by atoms with Crippen molar-refractivity contribution < 1.29 is 0 Å². The van der Waals surface area contributed by atoms with Crippen molar-refractivity contribution in [2.75, 3.05) is 6.54 Å². The summed E-state index contributed by atoms with van der Waals surface area (Å²) >= 11 is 0. The monoisotopic (exact) mass is 235 g/mol. The second-order valence-electron chi connectivity index (χ2n) is 5.14. The minimum atomic E-state index is 0.653. The molecule has 0 aliphatic heterocycles. The smallest absolute Gasteiger partial charge is 0.108 e. The van der Waals surface area contributed by atoms with Crippen LogP contribution in [-0.2, 0) is 13.0 Å². The molecule has 0 radical (unpaired) electrons. The second kappa shape index (κ2) is 6.20. The summed E-state index contributed by atoms with van der Waals surface area (Å²) in [4.78, 5) is 4.45. The lowest BCUT2D eigenvalue weighted by Gasteiger charge is -2.19. The molecule has 3 nitrogen and oxygen atoms in total. The normalized spacial score (nSPS) is 17.3. The van der Waals surface area contributed by atoms with Crippen LogP contribution in [-0.4, -0.2) is 22.1 Å². The molecule has 0 spiro atoms. The summed E-state index contributed by atoms with van der Waals surface area (Å²) in [5.74, 6) is 2.15. The van der Waals surface area contributed by atoms with Gasteiger partial charge in [0.05, 0.1) is 0 Å². The Morgan fingerprint density at radius 2 is 2.24 bits per heavy atom. The van der Waals surface area contributed by atoms with Crippen molar-refractivity contribution in [2.24, 2.45) is 5.92 Å². The van der Waals surface area contributed by atoms with E-state index in [2.05, 4.69) is 34.9 Å². The summed E-state index contributed by atoms with van der Waals surface area (Å²) in [5, 5.41) is 3.69. The van der Waals surface area contributed by atoms with Gasteiger partial charge in [-0.1, -0.05) is 13.8 Å². The van der Waals surface area contributed by atoms with Gasteiger partial charge in [-0.25, -0.2) is 4.98 Å². The van der Waals surface area contributed by atoms with E-state index in [1.54, 1.807) is 0 Å². The van der Waals surface area contributed by atoms with E-state index in [0.717, 1.165) is 25.4 Å². The van der Waals surface area contributed by atoms with Gasteiger partial charge in [-0.3, -0.25) is 0 Å². The molecule has 0 saturated heterocycles. The van der Waals surface area contributed by atoms with Crippen LogP contribution >= 0.6 is 0 Å². The van der Waals surface area contributed by atoms with E-state index >= 15 is 0 Å². The highest BCUT2D eigenvalue weighted by molar-refractivity contribution is 4.96. The SMILES string of the molecule is CCCNC(Cn1ccnc1CCC)C1CC1. The van der Waals surface area contributed by atoms with Gasteiger partial charge in [-0.05, 0) is 38.1 Å². The lowest BCUT2D eigenvalue weighted by atomic mass is 10.1. The third-order valence-electron chi connectivity index (χ3n) is 3.52. The molecule has 1 fully saturated rings. The van der Waals surface area contributed by atoms with Crippen LogP contribution in [0.2, 0.25) is 0 Å². The van der Waals surface area contributed by atoms with E-state index in [0.29, 0.717) is 6.04 Å². The summed E-state index contributed by atoms with van der Waals surface area (Å²) in [6, 6.07) is 0.653. The molecule has 17 heavy (non-hydrogen) atoms. The first kappa shape index (κ1) is 12.6. The summed E-state index contributed by atoms with van der Waals surface area (Å²) in [6.45, 7) is 6.68. The predicted octanol–water partition coefficient (Wildman–Crippen LogP) is 2.61. The third-order valence-corrected chi connectivity index (χ3v) is 3.52. The molecule has 1 atom stereocenters. The molecule has 0 amide bonds. The minimum absolute atomic E-state index is 0.653. The van der Waals surface area contributed by atoms with Gasteiger partial charge in [0, 0.05) is 31.4 Å². The fourth-order valence-electron chi connectivity index (χ4n) is 2.38. The number of aromatic nitrogens is 2. The maximum Gasteiger partial charge on any atom is 0.108 e. The van der Waals surface area contributed by atoms with Gasteiger partial charge in [0.25, 0.3) is 0 Å². The van der Waals surface area contributed by atoms with Crippen LogP contribution in [0.4, 0.5) is 0 Å². The standard InChI is InChI=1S/C14H25N3/c1-3-5-14-16-9-10-17(14)11-13(12-6-7-12)15-8-4-2/h9-10,12-13,15H,3-8,11H2,1-2H3. The van der Waals surface area contributed by atoms with Crippen molar-refractivity contribution in [2.45, 2.75) is 58.5 Å². The van der Waals surface area contributed by atoms with Crippen LogP contribution < -0.4 is 5.32 Å². The Hall–Kier alpha value is -0.830. The van der Waals surface area contributed by atoms with Gasteiger partial charge in [0.1, 0.15) is 5.82 Å². The molecule has 96 valence electrons. The van der Waals surface area contributed by atoms with Crippen LogP contribution in [0.25, 0.3) is 0 Å². The Balaban J connectivity index is 1.93. The highest BCUT2D eigenvalue weighted by atomic mass is 15.1. The summed E-state index contributed by atoms with van der Waals surface area (Å²) in [5.41, 5.74) is 0. The van der Waals surface area contributed by atoms with Crippen LogP contribution in [0.1, 0.15) is 45.4 Å². The lowest BCUT2D eigenvalue weighted by molar-refractivity contribution is 0.401. The molecule has 0 bridgehead atoms. The van der Waals surface area contributed by atoms with Crippen molar-refractivity contribution in [3.63, 3.8) is 0 Å². The Labute approximate surface area is 105 Å². The Morgan fingerprint density at radius 3 is 2.88 bits per heavy atom. The zero-order valence-corrected chi connectivity index (χ0v) is 11.2. The molecular weight excluding hydrogens is 210 g/mol. The first-order valence-electron chi connectivity index (χ1n) is 7.08. The minimum Gasteiger partial charge on any atom is -0.333 e. The van der Waals surface area contributed by atoms with Gasteiger partial charge < -0.3 is 9.88 Å². The average molecular weight is 235 g/mol. The van der Waals surface area contributed by atoms with Crippen molar-refractivity contribution in [3.05, 3.63) is 18.2 Å². The number of rotatable bonds is 8. The van der Waals surface area contributed by atoms with E-state index in [-0.39, 0.29) is 0 Å². The number of aryl methyl sites for hydroxylation is 1. The predicted molar refractivity (Wildman–Crippen MR) is 71.0 cm³/mol. The molecule has 1 aromatic rings. The van der Waals surface area contributed by atoms with Gasteiger partial charge >= 0.3 is 0 Å². The number of nitrogens with one attached hydrogen (secondary N) is 1. The van der Waals surface area contributed by atoms with Crippen LogP contribution in [0.5, 0.6) is 0 Å². The van der Waals surface area contributed by atoms with Crippen LogP contribution in [0, 0.1) is 5.92 Å². The fraction of sp³-hybridized carbons (Fsp3) is 0.786. The highest BCUT2D eigenvalue weighted by Gasteiger charge is 2.31. The molecule has 1 aromatic heterocycles. The van der Waals surface area contributed by atoms with Gasteiger partial charge in [-0.2, -0.15) is 0 Å². The van der Waals surface area contributed by atoms with Gasteiger partial charge in [0.15, 0.2) is 0 Å². The lowest BCUT2D eigenvalue weighted by Crippen LogP contribution is -2.36. The maximum atomic E-state index is 4.45. The summed E-state index contributed by atoms with van der Waals surface area (Å²) < 4.78 is 2.34. The third kappa shape index (κ3) is 3.56. The number of imidazole rings is 1. The van der Waals surface area contributed by atoms with Crippen molar-refractivity contribution >= 4 is 0 Å². The topological polar surface area (TPSA) is 29.9 Å². The van der Waals surface area contributed by atoms with Crippen molar-refractivity contribution in [1.29, 1.82) is 0 Å². The van der Waals surface area contributed by atoms with E-state index in [1.165, 1.54) is 31.5 Å². The summed E-state index contributed by atoms with van der Waals surface area (Å²) in [6.07, 6.45) is 10.4.